The molecule has 0 saturated carbocycles. The summed E-state index contributed by atoms with van der Waals surface area (Å²) in [6.45, 7) is 1.92. The fourth-order valence-electron chi connectivity index (χ4n) is 3.83. The zero-order valence-electron chi connectivity index (χ0n) is 12.3. The number of aromatic nitrogens is 3. The van der Waals surface area contributed by atoms with Gasteiger partial charge in [-0.1, -0.05) is 0 Å². The Bertz CT molecular complexity index is 698. The first kappa shape index (κ1) is 14.4. The fourth-order valence-corrected chi connectivity index (χ4v) is 4.88. The number of carbonyl (C=O) groups is 1. The van der Waals surface area contributed by atoms with Gasteiger partial charge < -0.3 is 4.90 Å². The molecule has 0 radical (unpaired) electrons. The molecule has 0 aliphatic carbocycles. The summed E-state index contributed by atoms with van der Waals surface area (Å²) in [5.74, 6) is 0.174. The van der Waals surface area contributed by atoms with Crippen molar-refractivity contribution in [1.29, 1.82) is 0 Å². The molecular weight excluding hydrogens is 364 g/mol. The summed E-state index contributed by atoms with van der Waals surface area (Å²) < 4.78 is 3.06. The lowest BCUT2D eigenvalue weighted by atomic mass is 9.97. The molecule has 0 spiro atoms. The summed E-state index contributed by atoms with van der Waals surface area (Å²) in [4.78, 5) is 20.0. The summed E-state index contributed by atoms with van der Waals surface area (Å²) in [6, 6.07) is 1.07. The van der Waals surface area contributed by atoms with Gasteiger partial charge >= 0.3 is 0 Å². The lowest BCUT2D eigenvalue weighted by Crippen LogP contribution is -2.47. The molecule has 0 aromatic carbocycles. The molecule has 2 unspecified atom stereocenters. The van der Waals surface area contributed by atoms with E-state index in [4.69, 9.17) is 0 Å². The molecule has 4 rings (SSSR count). The lowest BCUT2D eigenvalue weighted by molar-refractivity contribution is 0.0528. The van der Waals surface area contributed by atoms with Crippen LogP contribution in [0.15, 0.2) is 22.4 Å². The van der Waals surface area contributed by atoms with E-state index in [0.717, 1.165) is 40.7 Å². The Labute approximate surface area is 141 Å². The van der Waals surface area contributed by atoms with E-state index in [0.29, 0.717) is 18.1 Å². The second kappa shape index (κ2) is 5.45. The average molecular weight is 381 g/mol. The van der Waals surface area contributed by atoms with Gasteiger partial charge in [-0.2, -0.15) is 5.10 Å². The van der Waals surface area contributed by atoms with Crippen molar-refractivity contribution in [3.63, 3.8) is 0 Å². The van der Waals surface area contributed by atoms with E-state index in [9.17, 15) is 4.79 Å². The lowest BCUT2D eigenvalue weighted by Gasteiger charge is -2.38. The number of halogens is 1. The van der Waals surface area contributed by atoms with E-state index >= 15 is 0 Å². The summed E-state index contributed by atoms with van der Waals surface area (Å²) in [5, 5.41) is 4.43. The van der Waals surface area contributed by atoms with E-state index < -0.39 is 0 Å². The third kappa shape index (κ3) is 2.31. The van der Waals surface area contributed by atoms with Crippen molar-refractivity contribution in [1.82, 2.24) is 19.7 Å². The zero-order chi connectivity index (χ0) is 15.3. The van der Waals surface area contributed by atoms with Crippen LogP contribution in [0, 0.1) is 6.92 Å². The summed E-state index contributed by atoms with van der Waals surface area (Å²) in [5.41, 5.74) is 2.62. The third-order valence-corrected chi connectivity index (χ3v) is 6.15. The molecule has 2 aromatic heterocycles. The molecule has 2 saturated heterocycles. The second-order valence-electron chi connectivity index (χ2n) is 6.13. The Hall–Kier alpha value is -1.21. The molecule has 22 heavy (non-hydrogen) atoms. The van der Waals surface area contributed by atoms with E-state index in [2.05, 4.69) is 35.6 Å². The van der Waals surface area contributed by atoms with Crippen molar-refractivity contribution in [2.24, 2.45) is 0 Å². The normalized spacial score (nSPS) is 27.4. The Morgan fingerprint density at radius 2 is 2.05 bits per heavy atom. The van der Waals surface area contributed by atoms with Crippen molar-refractivity contribution in [3.05, 3.63) is 32.9 Å². The van der Waals surface area contributed by atoms with Crippen LogP contribution in [0.25, 0.3) is 0 Å². The van der Waals surface area contributed by atoms with Crippen LogP contribution in [0.1, 0.15) is 47.1 Å². The van der Waals surface area contributed by atoms with Gasteiger partial charge in [0.25, 0.3) is 5.91 Å². The summed E-state index contributed by atoms with van der Waals surface area (Å²) >= 11 is 4.92. The maximum atomic E-state index is 12.9. The first-order valence-corrected chi connectivity index (χ1v) is 9.23. The van der Waals surface area contributed by atoms with Gasteiger partial charge in [0.1, 0.15) is 4.88 Å². The molecular formula is C15H17BrN4OS. The molecule has 1 amide bonds. The molecule has 2 aliphatic rings. The number of nitrogens with zero attached hydrogens (tertiary/aromatic N) is 4. The molecule has 2 aromatic rings. The number of rotatable bonds is 2. The Kier molecular flexibility index (Phi) is 3.57. The van der Waals surface area contributed by atoms with Crippen LogP contribution >= 0.6 is 27.3 Å². The monoisotopic (exact) mass is 380 g/mol. The van der Waals surface area contributed by atoms with Crippen molar-refractivity contribution in [2.45, 2.75) is 50.7 Å². The van der Waals surface area contributed by atoms with Gasteiger partial charge in [0.15, 0.2) is 0 Å². The molecule has 2 bridgehead atoms. The quantitative estimate of drug-likeness (QED) is 0.801. The molecule has 4 heterocycles. The largest absolute Gasteiger partial charge is 0.332 e. The molecule has 2 aliphatic heterocycles. The van der Waals surface area contributed by atoms with Crippen LogP contribution in [0.5, 0.6) is 0 Å². The van der Waals surface area contributed by atoms with Crippen LogP contribution in [0.4, 0.5) is 0 Å². The summed E-state index contributed by atoms with van der Waals surface area (Å²) in [7, 11) is 0. The molecule has 116 valence electrons. The van der Waals surface area contributed by atoms with Crippen molar-refractivity contribution in [3.8, 4) is 0 Å². The van der Waals surface area contributed by atoms with Gasteiger partial charge in [-0.3, -0.25) is 9.48 Å². The minimum atomic E-state index is 0.174. The number of thiazole rings is 1. The summed E-state index contributed by atoms with van der Waals surface area (Å²) in [6.07, 6.45) is 8.07. The number of aryl methyl sites for hydroxylation is 1. The molecule has 5 nitrogen and oxygen atoms in total. The van der Waals surface area contributed by atoms with Gasteiger partial charge in [-0.15, -0.1) is 11.3 Å². The zero-order valence-corrected chi connectivity index (χ0v) is 14.7. The Morgan fingerprint density at radius 3 is 2.59 bits per heavy atom. The minimum Gasteiger partial charge on any atom is -0.332 e. The highest BCUT2D eigenvalue weighted by Crippen LogP contribution is 2.42. The SMILES string of the molecule is Cc1ncsc1C(=O)N1C2CCC1CC(n1cc(Br)cn1)C2. The third-order valence-electron chi connectivity index (χ3n) is 4.83. The highest BCUT2D eigenvalue weighted by atomic mass is 79.9. The predicted octanol–water partition coefficient (Wildman–Crippen LogP) is 3.42. The highest BCUT2D eigenvalue weighted by molar-refractivity contribution is 9.10. The van der Waals surface area contributed by atoms with Crippen LogP contribution < -0.4 is 0 Å². The molecule has 7 heteroatoms. The average Bonchev–Trinajstić information content (AvgIpc) is 3.17. The van der Waals surface area contributed by atoms with E-state index in [1.165, 1.54) is 11.3 Å². The molecule has 2 atom stereocenters. The van der Waals surface area contributed by atoms with E-state index in [-0.39, 0.29) is 5.91 Å². The Balaban J connectivity index is 1.56. The maximum absolute atomic E-state index is 12.9. The fraction of sp³-hybridized carbons (Fsp3) is 0.533. The molecule has 2 fully saturated rings. The van der Waals surface area contributed by atoms with Crippen molar-refractivity contribution >= 4 is 33.2 Å². The second-order valence-corrected chi connectivity index (χ2v) is 7.90. The van der Waals surface area contributed by atoms with E-state index in [1.807, 2.05) is 19.3 Å². The predicted molar refractivity (Wildman–Crippen MR) is 88.0 cm³/mol. The van der Waals surface area contributed by atoms with Crippen LogP contribution in [-0.2, 0) is 0 Å². The van der Waals surface area contributed by atoms with Gasteiger partial charge in [0, 0.05) is 18.3 Å². The number of hydrogen-bond donors (Lipinski definition) is 0. The highest BCUT2D eigenvalue weighted by Gasteiger charge is 2.44. The Morgan fingerprint density at radius 1 is 1.32 bits per heavy atom. The van der Waals surface area contributed by atoms with Crippen molar-refractivity contribution in [2.75, 3.05) is 0 Å². The first-order valence-electron chi connectivity index (χ1n) is 7.56. The standard InChI is InChI=1S/C15H17BrN4OS/c1-9-14(22-8-17-9)15(21)20-11-2-3-12(20)5-13(4-11)19-7-10(16)6-18-19/h6-8,11-13H,2-5H2,1H3. The number of piperidine rings is 1. The smallest absolute Gasteiger partial charge is 0.266 e. The van der Waals surface area contributed by atoms with Gasteiger partial charge in [-0.05, 0) is 48.5 Å². The van der Waals surface area contributed by atoms with Gasteiger partial charge in [0.05, 0.1) is 27.9 Å². The number of carbonyl (C=O) groups excluding carboxylic acids is 1. The minimum absolute atomic E-state index is 0.174. The molecule has 0 N–H and O–H groups in total. The van der Waals surface area contributed by atoms with Crippen molar-refractivity contribution < 1.29 is 4.79 Å². The number of hydrogen-bond acceptors (Lipinski definition) is 4. The van der Waals surface area contributed by atoms with Gasteiger partial charge in [-0.25, -0.2) is 4.98 Å². The first-order chi connectivity index (χ1) is 10.6. The van der Waals surface area contributed by atoms with Crippen LogP contribution in [-0.4, -0.2) is 37.7 Å². The number of fused-ring (bicyclic) bond motifs is 2. The van der Waals surface area contributed by atoms with Crippen LogP contribution in [0.2, 0.25) is 0 Å². The number of amides is 1. The maximum Gasteiger partial charge on any atom is 0.266 e. The van der Waals surface area contributed by atoms with E-state index in [1.54, 1.807) is 5.51 Å². The van der Waals surface area contributed by atoms with Gasteiger partial charge in [0.2, 0.25) is 0 Å². The van der Waals surface area contributed by atoms with Crippen LogP contribution in [0.3, 0.4) is 0 Å². The topological polar surface area (TPSA) is 51.0 Å².